The largest absolute Gasteiger partial charge is 0.743 e. The Morgan fingerprint density at radius 1 is 0.378 bits per heavy atom. The predicted octanol–water partition coefficient (Wildman–Crippen LogP) is 15.8. The maximum atomic E-state index is 14.0. The second-order valence-corrected chi connectivity index (χ2v) is 40.5. The summed E-state index contributed by atoms with van der Waals surface area (Å²) in [6.07, 6.45) is -5.31. The third-order valence-corrected chi connectivity index (χ3v) is 27.9. The van der Waals surface area contributed by atoms with E-state index >= 15 is 0 Å². The molecule has 24 nitrogen and oxygen atoms in total. The Morgan fingerprint density at radius 2 is 0.647 bits per heavy atom. The fourth-order valence-corrected chi connectivity index (χ4v) is 17.8. The summed E-state index contributed by atoms with van der Waals surface area (Å²) >= 11 is 0. The minimum absolute atomic E-state index is 0.00486. The fraction of sp³-hybridized carbons (Fsp3) is 0.625. The van der Waals surface area contributed by atoms with Crippen molar-refractivity contribution in [2.24, 2.45) is 34.5 Å². The second-order valence-electron chi connectivity index (χ2n) is 34.6. The predicted molar refractivity (Wildman–Crippen MR) is 400 cm³/mol. The van der Waals surface area contributed by atoms with Crippen LogP contribution in [0.3, 0.4) is 0 Å². The highest BCUT2D eigenvalue weighted by Gasteiger charge is 2.68. The molecule has 8 aliphatic rings. The van der Waals surface area contributed by atoms with Crippen LogP contribution in [0.25, 0.3) is 0 Å². The van der Waals surface area contributed by atoms with E-state index in [1.807, 2.05) is 60.6 Å². The molecule has 8 aliphatic carbocycles. The molecule has 12 rings (SSSR count). The lowest BCUT2D eigenvalue weighted by Crippen LogP contribution is -2.61. The van der Waals surface area contributed by atoms with Crippen LogP contribution in [-0.2, 0) is 100 Å². The third kappa shape index (κ3) is 22.5. The van der Waals surface area contributed by atoms with Gasteiger partial charge in [-0.1, -0.05) is 132 Å². The topological polar surface area (TPSA) is 387 Å². The molecule has 8 bridgehead atoms. The van der Waals surface area contributed by atoms with E-state index in [9.17, 15) is 129 Å². The molecule has 119 heavy (non-hydrogen) atoms. The van der Waals surface area contributed by atoms with Crippen molar-refractivity contribution in [1.82, 2.24) is 0 Å². The molecule has 8 fully saturated rings. The third-order valence-electron chi connectivity index (χ3n) is 24.4. The SMILES string of the molecule is CCC(C)(C)c1ccc(C(=O)OC(C)C(F)(F)S(=O)(=O)[O-])cc1.CCC(C)(C)c1ccc(C(=O)OC23CC4CC(C2)CC(C(=O)OC(C(F)(F)F)C(F)(F)S(=O)(=O)[O-])(C4)C3)cc1.CCC(C)(C)c1ccc(C(=O)OC23CC4CC(C2)CC(C(=O)OCC(F)(F)S(=O)(=O)[O-])(C4)C3)cc1.CCC(C)(C)c1ccc(C(=O)OCC(F)(F)S(=O)(=O)[O-])cc1. The summed E-state index contributed by atoms with van der Waals surface area (Å²) in [6.45, 7) is 21.6. The Labute approximate surface area is 684 Å². The van der Waals surface area contributed by atoms with E-state index in [2.05, 4.69) is 48.8 Å². The van der Waals surface area contributed by atoms with Gasteiger partial charge in [-0.2, -0.15) is 48.3 Å². The van der Waals surface area contributed by atoms with Crippen molar-refractivity contribution < 1.29 is 157 Å². The first kappa shape index (κ1) is 98.7. The number of alkyl halides is 11. The van der Waals surface area contributed by atoms with Crippen LogP contribution in [0, 0.1) is 34.5 Å². The van der Waals surface area contributed by atoms with E-state index in [0.29, 0.717) is 57.4 Å². The molecular weight excluding hydrogens is 1680 g/mol. The molecule has 4 aromatic rings. The molecule has 0 aliphatic heterocycles. The Bertz CT molecular complexity index is 4820. The molecule has 0 N–H and O–H groups in total. The van der Waals surface area contributed by atoms with Crippen molar-refractivity contribution in [3.63, 3.8) is 0 Å². The summed E-state index contributed by atoms with van der Waals surface area (Å²) in [4.78, 5) is 75.6. The van der Waals surface area contributed by atoms with E-state index < -0.39 is 151 Å². The van der Waals surface area contributed by atoms with E-state index in [1.165, 1.54) is 24.3 Å². The maximum Gasteiger partial charge on any atom is 0.432 e. The Hall–Kier alpha value is -7.43. The number of halogens is 11. The average molecular weight is 1780 g/mol. The van der Waals surface area contributed by atoms with Gasteiger partial charge in [0.2, 0.25) is 0 Å². The number of carbonyl (C=O) groups excluding carboxylic acids is 6. The van der Waals surface area contributed by atoms with Gasteiger partial charge in [-0.15, -0.1) is 0 Å². The molecule has 666 valence electrons. The number of benzene rings is 4. The van der Waals surface area contributed by atoms with Crippen molar-refractivity contribution in [3.05, 3.63) is 142 Å². The van der Waals surface area contributed by atoms with Gasteiger partial charge in [0.15, 0.2) is 59.8 Å². The lowest BCUT2D eigenvalue weighted by molar-refractivity contribution is -0.269. The molecular formula is C80H97F11O24S4-4. The van der Waals surface area contributed by atoms with Gasteiger partial charge in [0.05, 0.1) is 33.1 Å². The number of hydrogen-bond donors (Lipinski definition) is 0. The molecule has 0 radical (unpaired) electrons. The van der Waals surface area contributed by atoms with Crippen molar-refractivity contribution in [1.29, 1.82) is 0 Å². The molecule has 0 amide bonds. The van der Waals surface area contributed by atoms with E-state index in [4.69, 9.17) is 14.2 Å². The fourth-order valence-electron chi connectivity index (χ4n) is 16.5. The molecule has 0 saturated heterocycles. The second kappa shape index (κ2) is 35.1. The summed E-state index contributed by atoms with van der Waals surface area (Å²) in [5.74, 6) is -6.42. The average Bonchev–Trinajstić information content (AvgIpc) is 0.716. The standard InChI is InChI=1S/C26H31F5O7S.C25H32F2O7S.C15H20F2O5S.C14H18F2O5S/c1-4-22(2,3)18-7-5-17(6-8-18)19(32)38-24-12-15-9-16(13-24)11-23(10-15,14-24)21(33)37-20(25(27,28)29)26(30,31)39(34,35)36;1-4-22(2,3)19-7-5-18(6-8-19)20(28)34-24-12-16-9-17(13-24)11-23(10-16,14-24)21(29)33-15-25(26,27)35(30,31)32;1-5-14(3,4)12-8-6-11(7-9-12)13(18)22-10(2)15(16,17)23(19,20)21;1-4-13(2,3)11-7-5-10(6-8-11)12(17)21-9-14(15,16)22(18,19)20/h5-8,15-16,20H,4,9-14H2,1-3H3,(H,34,35,36);5-8,16-17H,4,9-15H2,1-3H3,(H,30,31,32);6-10H,5H2,1-4H3,(H,19,20,21);5-8H,4,9H2,1-3H3,(H,18,19,20)/p-4. The van der Waals surface area contributed by atoms with E-state index in [-0.39, 0.29) is 87.7 Å². The normalized spacial score (nSPS) is 23.8. The number of esters is 6. The van der Waals surface area contributed by atoms with Gasteiger partial charge >= 0.3 is 63.0 Å². The van der Waals surface area contributed by atoms with Gasteiger partial charge in [-0.25, -0.2) is 52.8 Å². The van der Waals surface area contributed by atoms with Crippen molar-refractivity contribution in [2.75, 3.05) is 13.2 Å². The Balaban J connectivity index is 0.000000226. The van der Waals surface area contributed by atoms with E-state index in [0.717, 1.165) is 54.4 Å². The van der Waals surface area contributed by atoms with Gasteiger partial charge in [-0.05, 0) is 213 Å². The highest BCUT2D eigenvalue weighted by molar-refractivity contribution is 7.87. The lowest BCUT2D eigenvalue weighted by atomic mass is 9.48. The zero-order valence-electron chi connectivity index (χ0n) is 67.5. The quantitative estimate of drug-likeness (QED) is 0.0220. The number of carbonyl (C=O) groups is 6. The number of hydrogen-bond acceptors (Lipinski definition) is 24. The van der Waals surface area contributed by atoms with Gasteiger partial charge in [0, 0.05) is 12.8 Å². The van der Waals surface area contributed by atoms with E-state index in [1.54, 1.807) is 60.7 Å². The van der Waals surface area contributed by atoms with Gasteiger partial charge in [0.25, 0.3) is 6.10 Å². The molecule has 0 heterocycles. The van der Waals surface area contributed by atoms with Gasteiger partial charge < -0.3 is 46.6 Å². The van der Waals surface area contributed by atoms with Crippen molar-refractivity contribution >= 4 is 76.3 Å². The molecule has 0 aromatic heterocycles. The van der Waals surface area contributed by atoms with Crippen LogP contribution in [0.2, 0.25) is 0 Å². The Kier molecular flexibility index (Phi) is 29.1. The van der Waals surface area contributed by atoms with Crippen LogP contribution in [0.15, 0.2) is 97.1 Å². The molecule has 0 spiro atoms. The summed E-state index contributed by atoms with van der Waals surface area (Å²) in [5, 5.41) is -20.0. The van der Waals surface area contributed by atoms with Crippen molar-refractivity contribution in [3.8, 4) is 0 Å². The van der Waals surface area contributed by atoms with Gasteiger partial charge in [-0.3, -0.25) is 9.59 Å². The first-order valence-electron chi connectivity index (χ1n) is 38.1. The maximum absolute atomic E-state index is 14.0. The van der Waals surface area contributed by atoms with Crippen LogP contribution >= 0.6 is 0 Å². The summed E-state index contributed by atoms with van der Waals surface area (Å²) in [6, 6.07) is 26.4. The first-order valence-corrected chi connectivity index (χ1v) is 43.8. The minimum Gasteiger partial charge on any atom is -0.743 e. The molecule has 6 unspecified atom stereocenters. The minimum atomic E-state index is -6.81. The smallest absolute Gasteiger partial charge is 0.432 e. The highest BCUT2D eigenvalue weighted by Crippen LogP contribution is 2.65. The summed E-state index contributed by atoms with van der Waals surface area (Å²) < 4.78 is 305. The molecule has 4 aromatic carbocycles. The van der Waals surface area contributed by atoms with Crippen LogP contribution in [-0.4, -0.2) is 152 Å². The van der Waals surface area contributed by atoms with Crippen LogP contribution in [0.4, 0.5) is 48.3 Å². The lowest BCUT2D eigenvalue weighted by Gasteiger charge is -2.59. The number of rotatable bonds is 28. The zero-order valence-corrected chi connectivity index (χ0v) is 70.8. The monoisotopic (exact) mass is 1780 g/mol. The number of ether oxygens (including phenoxy) is 6. The van der Waals surface area contributed by atoms with Crippen LogP contribution in [0.5, 0.6) is 0 Å². The summed E-state index contributed by atoms with van der Waals surface area (Å²) in [5.41, 5.74) is -0.667. The molecule has 6 atom stereocenters. The zero-order chi connectivity index (χ0) is 90.3. The van der Waals surface area contributed by atoms with Crippen LogP contribution in [0.1, 0.15) is 256 Å². The Morgan fingerprint density at radius 3 is 0.916 bits per heavy atom. The highest BCUT2D eigenvalue weighted by atomic mass is 32.2. The molecule has 8 saturated carbocycles. The van der Waals surface area contributed by atoms with Gasteiger partial charge in [0.1, 0.15) is 11.2 Å². The van der Waals surface area contributed by atoms with Crippen LogP contribution < -0.4 is 0 Å². The summed E-state index contributed by atoms with van der Waals surface area (Å²) in [7, 11) is -24.6. The first-order chi connectivity index (χ1) is 54.1. The molecule has 39 heteroatoms. The van der Waals surface area contributed by atoms with Crippen molar-refractivity contribution in [2.45, 2.75) is 265 Å².